The molecule has 1 unspecified atom stereocenters. The molecular formula is C25H22FN3O. The summed E-state index contributed by atoms with van der Waals surface area (Å²) in [5.74, 6) is -0.168. The number of benzene rings is 2. The Morgan fingerprint density at radius 2 is 1.83 bits per heavy atom. The van der Waals surface area contributed by atoms with Crippen molar-refractivity contribution in [1.82, 2.24) is 9.88 Å². The standard InChI is InChI=1S/C25H22FN3O/c1-15-9-18(7-8-27-15)25-23-11-21-14-29(16(2)17-3-5-22(26)6-4-17)24(30)12-19(21)10-20(23)13-28-25/h3-11,16H,12-14H2,1-2H3. The Morgan fingerprint density at radius 1 is 1.03 bits per heavy atom. The summed E-state index contributed by atoms with van der Waals surface area (Å²) in [6.07, 6.45) is 2.20. The summed E-state index contributed by atoms with van der Waals surface area (Å²) in [5.41, 5.74) is 8.52. The van der Waals surface area contributed by atoms with Gasteiger partial charge in [-0.3, -0.25) is 14.8 Å². The van der Waals surface area contributed by atoms with Crippen molar-refractivity contribution >= 4 is 11.6 Å². The van der Waals surface area contributed by atoms with E-state index in [1.54, 1.807) is 12.1 Å². The molecule has 5 heteroatoms. The van der Waals surface area contributed by atoms with Crippen LogP contribution in [0.1, 0.15) is 52.0 Å². The maximum Gasteiger partial charge on any atom is 0.227 e. The number of nitrogens with zero attached hydrogens (tertiary/aromatic N) is 3. The van der Waals surface area contributed by atoms with Crippen molar-refractivity contribution in [3.63, 3.8) is 0 Å². The molecule has 4 nitrogen and oxygen atoms in total. The fourth-order valence-corrected chi connectivity index (χ4v) is 4.40. The molecule has 0 bridgehead atoms. The zero-order valence-electron chi connectivity index (χ0n) is 17.0. The summed E-state index contributed by atoms with van der Waals surface area (Å²) in [6, 6.07) is 14.7. The summed E-state index contributed by atoms with van der Waals surface area (Å²) in [6.45, 7) is 5.16. The van der Waals surface area contributed by atoms with E-state index in [-0.39, 0.29) is 17.8 Å². The predicted octanol–water partition coefficient (Wildman–Crippen LogP) is 4.53. The lowest BCUT2D eigenvalue weighted by Gasteiger charge is -2.34. The van der Waals surface area contributed by atoms with Gasteiger partial charge in [-0.25, -0.2) is 4.39 Å². The van der Waals surface area contributed by atoms with Crippen molar-refractivity contribution in [1.29, 1.82) is 0 Å². The molecule has 0 aliphatic carbocycles. The van der Waals surface area contributed by atoms with Crippen LogP contribution in [0, 0.1) is 12.7 Å². The molecule has 0 N–H and O–H groups in total. The number of rotatable bonds is 3. The normalized spacial score (nSPS) is 16.2. The van der Waals surface area contributed by atoms with E-state index in [1.807, 2.05) is 31.0 Å². The quantitative estimate of drug-likeness (QED) is 0.650. The second-order valence-corrected chi connectivity index (χ2v) is 8.05. The number of amides is 1. The number of aromatic nitrogens is 1. The average molecular weight is 399 g/mol. The van der Waals surface area contributed by atoms with Gasteiger partial charge in [0, 0.05) is 29.6 Å². The van der Waals surface area contributed by atoms with Crippen LogP contribution < -0.4 is 0 Å². The van der Waals surface area contributed by atoms with Crippen LogP contribution in [-0.2, 0) is 24.3 Å². The number of hydrogen-bond acceptors (Lipinski definition) is 3. The molecular weight excluding hydrogens is 377 g/mol. The summed E-state index contributed by atoms with van der Waals surface area (Å²) in [5, 5.41) is 0. The third kappa shape index (κ3) is 3.20. The zero-order chi connectivity index (χ0) is 20.8. The van der Waals surface area contributed by atoms with Crippen molar-refractivity contribution in [3.05, 3.63) is 99.6 Å². The fraction of sp³-hybridized carbons (Fsp3) is 0.240. The van der Waals surface area contributed by atoms with E-state index in [9.17, 15) is 9.18 Å². The number of carbonyl (C=O) groups excluding carboxylic acids is 1. The maximum atomic E-state index is 13.3. The van der Waals surface area contributed by atoms with Gasteiger partial charge in [-0.15, -0.1) is 0 Å². The first-order valence-corrected chi connectivity index (χ1v) is 10.2. The van der Waals surface area contributed by atoms with Crippen LogP contribution in [-0.4, -0.2) is 21.5 Å². The van der Waals surface area contributed by atoms with Gasteiger partial charge in [-0.1, -0.05) is 18.2 Å². The molecule has 1 atom stereocenters. The molecule has 1 amide bonds. The van der Waals surface area contributed by atoms with Crippen LogP contribution in [0.3, 0.4) is 0 Å². The SMILES string of the molecule is Cc1cc(C2=NCc3cc4c(cc32)CN(C(C)c2ccc(F)cc2)C(=O)C4)ccn1. The average Bonchev–Trinajstić information content (AvgIpc) is 3.14. The molecule has 0 saturated carbocycles. The van der Waals surface area contributed by atoms with E-state index >= 15 is 0 Å². The third-order valence-corrected chi connectivity index (χ3v) is 6.08. The van der Waals surface area contributed by atoms with E-state index in [2.05, 4.69) is 23.2 Å². The lowest BCUT2D eigenvalue weighted by molar-refractivity contribution is -0.134. The third-order valence-electron chi connectivity index (χ3n) is 6.08. The molecule has 0 fully saturated rings. The molecule has 2 aromatic carbocycles. The second kappa shape index (κ2) is 7.17. The molecule has 2 aliphatic heterocycles. The van der Waals surface area contributed by atoms with Crippen LogP contribution in [0.5, 0.6) is 0 Å². The number of aliphatic imine (C=N–C) groups is 1. The highest BCUT2D eigenvalue weighted by Crippen LogP contribution is 2.33. The summed E-state index contributed by atoms with van der Waals surface area (Å²) in [4.78, 5) is 23.8. The van der Waals surface area contributed by atoms with Gasteiger partial charge in [0.15, 0.2) is 0 Å². The fourth-order valence-electron chi connectivity index (χ4n) is 4.40. The maximum absolute atomic E-state index is 13.3. The minimum atomic E-state index is -0.269. The smallest absolute Gasteiger partial charge is 0.227 e. The van der Waals surface area contributed by atoms with Crippen LogP contribution in [0.15, 0.2) is 59.7 Å². The molecule has 30 heavy (non-hydrogen) atoms. The van der Waals surface area contributed by atoms with Crippen LogP contribution >= 0.6 is 0 Å². The van der Waals surface area contributed by atoms with Gasteiger partial charge in [0.2, 0.25) is 5.91 Å². The highest BCUT2D eigenvalue weighted by molar-refractivity contribution is 6.15. The number of carbonyl (C=O) groups is 1. The van der Waals surface area contributed by atoms with E-state index < -0.39 is 0 Å². The van der Waals surface area contributed by atoms with E-state index in [0.717, 1.165) is 39.2 Å². The highest BCUT2D eigenvalue weighted by atomic mass is 19.1. The number of hydrogen-bond donors (Lipinski definition) is 0. The van der Waals surface area contributed by atoms with Gasteiger partial charge in [-0.2, -0.15) is 0 Å². The first-order chi connectivity index (χ1) is 14.5. The minimum absolute atomic E-state index is 0.100. The van der Waals surface area contributed by atoms with Crippen molar-refractivity contribution in [2.45, 2.75) is 39.4 Å². The Labute approximate surface area is 175 Å². The Bertz CT molecular complexity index is 1180. The molecule has 1 aromatic heterocycles. The summed E-state index contributed by atoms with van der Waals surface area (Å²) >= 11 is 0. The monoisotopic (exact) mass is 399 g/mol. The van der Waals surface area contributed by atoms with Gasteiger partial charge in [0.25, 0.3) is 0 Å². The molecule has 0 saturated heterocycles. The summed E-state index contributed by atoms with van der Waals surface area (Å²) in [7, 11) is 0. The van der Waals surface area contributed by atoms with Crippen molar-refractivity contribution < 1.29 is 9.18 Å². The molecule has 3 aromatic rings. The van der Waals surface area contributed by atoms with Gasteiger partial charge in [-0.05, 0) is 66.4 Å². The van der Waals surface area contributed by atoms with Crippen molar-refractivity contribution in [2.75, 3.05) is 0 Å². The lowest BCUT2D eigenvalue weighted by atomic mass is 9.90. The van der Waals surface area contributed by atoms with E-state index in [1.165, 1.54) is 17.7 Å². The van der Waals surface area contributed by atoms with Crippen molar-refractivity contribution in [2.24, 2.45) is 4.99 Å². The highest BCUT2D eigenvalue weighted by Gasteiger charge is 2.30. The Balaban J connectivity index is 1.48. The van der Waals surface area contributed by atoms with Gasteiger partial charge in [0.05, 0.1) is 24.7 Å². The Hall–Kier alpha value is -3.34. The van der Waals surface area contributed by atoms with E-state index in [0.29, 0.717) is 19.5 Å². The summed E-state index contributed by atoms with van der Waals surface area (Å²) < 4.78 is 13.3. The lowest BCUT2D eigenvalue weighted by Crippen LogP contribution is -2.38. The Kier molecular flexibility index (Phi) is 4.46. The number of halogens is 1. The van der Waals surface area contributed by atoms with Gasteiger partial charge in [0.1, 0.15) is 5.82 Å². The predicted molar refractivity (Wildman–Crippen MR) is 114 cm³/mol. The second-order valence-electron chi connectivity index (χ2n) is 8.05. The van der Waals surface area contributed by atoms with Crippen LogP contribution in [0.2, 0.25) is 0 Å². The number of fused-ring (bicyclic) bond motifs is 2. The van der Waals surface area contributed by atoms with Gasteiger partial charge < -0.3 is 4.90 Å². The van der Waals surface area contributed by atoms with E-state index in [4.69, 9.17) is 4.99 Å². The molecule has 0 radical (unpaired) electrons. The first kappa shape index (κ1) is 18.7. The number of pyridine rings is 1. The molecule has 2 aliphatic rings. The molecule has 3 heterocycles. The molecule has 5 rings (SSSR count). The Morgan fingerprint density at radius 3 is 2.60 bits per heavy atom. The molecule has 150 valence electrons. The van der Waals surface area contributed by atoms with Crippen molar-refractivity contribution in [3.8, 4) is 0 Å². The largest absolute Gasteiger partial charge is 0.331 e. The van der Waals surface area contributed by atoms with Crippen LogP contribution in [0.4, 0.5) is 4.39 Å². The topological polar surface area (TPSA) is 45.6 Å². The van der Waals surface area contributed by atoms with Gasteiger partial charge >= 0.3 is 0 Å². The number of aryl methyl sites for hydroxylation is 1. The molecule has 0 spiro atoms. The zero-order valence-corrected chi connectivity index (χ0v) is 17.0. The van der Waals surface area contributed by atoms with Crippen LogP contribution in [0.25, 0.3) is 0 Å². The minimum Gasteiger partial charge on any atom is -0.331 e. The first-order valence-electron chi connectivity index (χ1n) is 10.2.